The molecule has 2 rings (SSSR count). The van der Waals surface area contributed by atoms with Gasteiger partial charge in [-0.1, -0.05) is 0 Å². The summed E-state index contributed by atoms with van der Waals surface area (Å²) in [5.41, 5.74) is 5.51. The minimum absolute atomic E-state index is 0.265. The van der Waals surface area contributed by atoms with Crippen LogP contribution in [-0.4, -0.2) is 73.1 Å². The van der Waals surface area contributed by atoms with Crippen LogP contribution < -0.4 is 5.73 Å². The van der Waals surface area contributed by atoms with Crippen LogP contribution in [0, 0.1) is 0 Å². The zero-order valence-electron chi connectivity index (χ0n) is 12.0. The number of nitrogens with two attached hydrogens (primary N) is 1. The van der Waals surface area contributed by atoms with E-state index in [0.29, 0.717) is 0 Å². The Hall–Kier alpha value is -0.810. The van der Waals surface area contributed by atoms with Crippen LogP contribution >= 0.6 is 0 Å². The Morgan fingerprint density at radius 3 is 2.11 bits per heavy atom. The van der Waals surface area contributed by atoms with E-state index in [4.69, 9.17) is 5.73 Å². The first-order chi connectivity index (χ1) is 9.31. The Bertz CT molecular complexity index is 271. The third-order valence-corrected chi connectivity index (χ3v) is 4.20. The normalized spacial score (nSPS) is 21.7. The Balaban J connectivity index is 1.68. The minimum Gasteiger partial charge on any atom is -0.330 e. The Kier molecular flexibility index (Phi) is 5.92. The molecule has 0 aliphatic carbocycles. The van der Waals surface area contributed by atoms with E-state index in [1.165, 1.54) is 25.7 Å². The molecule has 19 heavy (non-hydrogen) atoms. The maximum Gasteiger partial charge on any atom is 0.320 e. The van der Waals surface area contributed by atoms with Gasteiger partial charge in [-0.05, 0) is 45.2 Å². The van der Waals surface area contributed by atoms with Crippen molar-refractivity contribution in [1.29, 1.82) is 0 Å². The van der Waals surface area contributed by atoms with Crippen molar-refractivity contribution in [2.75, 3.05) is 52.4 Å². The van der Waals surface area contributed by atoms with Crippen molar-refractivity contribution < 1.29 is 4.79 Å². The van der Waals surface area contributed by atoms with Gasteiger partial charge in [0.2, 0.25) is 0 Å². The van der Waals surface area contributed by atoms with Gasteiger partial charge in [-0.2, -0.15) is 0 Å². The summed E-state index contributed by atoms with van der Waals surface area (Å²) in [6, 6.07) is 0.265. The van der Waals surface area contributed by atoms with Gasteiger partial charge >= 0.3 is 6.03 Å². The fourth-order valence-electron chi connectivity index (χ4n) is 2.93. The molecule has 5 heteroatoms. The van der Waals surface area contributed by atoms with Gasteiger partial charge < -0.3 is 15.5 Å². The van der Waals surface area contributed by atoms with Gasteiger partial charge in [-0.25, -0.2) is 4.79 Å². The molecule has 0 radical (unpaired) electrons. The zero-order chi connectivity index (χ0) is 13.5. The van der Waals surface area contributed by atoms with Crippen molar-refractivity contribution in [3.63, 3.8) is 0 Å². The molecule has 2 amide bonds. The molecule has 0 aromatic rings. The third kappa shape index (κ3) is 4.35. The Morgan fingerprint density at radius 1 is 0.842 bits per heavy atom. The van der Waals surface area contributed by atoms with Crippen LogP contribution in [0.4, 0.5) is 4.79 Å². The average molecular weight is 268 g/mol. The number of hydrogen-bond acceptors (Lipinski definition) is 3. The number of carbonyl (C=O) groups excluding carboxylic acids is 1. The van der Waals surface area contributed by atoms with Gasteiger partial charge in [-0.3, -0.25) is 4.90 Å². The highest BCUT2D eigenvalue weighted by atomic mass is 16.2. The molecule has 110 valence electrons. The van der Waals surface area contributed by atoms with Crippen molar-refractivity contribution in [2.24, 2.45) is 5.73 Å². The number of piperazine rings is 1. The molecule has 0 bridgehead atoms. The van der Waals surface area contributed by atoms with E-state index in [1.54, 1.807) is 0 Å². The van der Waals surface area contributed by atoms with E-state index in [9.17, 15) is 4.79 Å². The van der Waals surface area contributed by atoms with Crippen LogP contribution in [0.3, 0.4) is 0 Å². The molecule has 0 aromatic carbocycles. The van der Waals surface area contributed by atoms with Gasteiger partial charge in [-0.15, -0.1) is 0 Å². The van der Waals surface area contributed by atoms with Crippen molar-refractivity contribution >= 4 is 6.03 Å². The van der Waals surface area contributed by atoms with Crippen LogP contribution in [0.15, 0.2) is 0 Å². The largest absolute Gasteiger partial charge is 0.330 e. The summed E-state index contributed by atoms with van der Waals surface area (Å²) in [6.07, 6.45) is 5.90. The molecule has 2 heterocycles. The lowest BCUT2D eigenvalue weighted by molar-refractivity contribution is 0.107. The SMILES string of the molecule is NCCCCN1CCN(C(=O)N2CCCCC2)CC1. The summed E-state index contributed by atoms with van der Waals surface area (Å²) >= 11 is 0. The van der Waals surface area contributed by atoms with Crippen LogP contribution in [0.2, 0.25) is 0 Å². The van der Waals surface area contributed by atoms with Gasteiger partial charge in [0, 0.05) is 39.3 Å². The summed E-state index contributed by atoms with van der Waals surface area (Å²) < 4.78 is 0. The fraction of sp³-hybridized carbons (Fsp3) is 0.929. The van der Waals surface area contributed by atoms with Gasteiger partial charge in [0.1, 0.15) is 0 Å². The summed E-state index contributed by atoms with van der Waals surface area (Å²) in [4.78, 5) is 18.9. The summed E-state index contributed by atoms with van der Waals surface area (Å²) in [6.45, 7) is 7.63. The molecule has 0 unspecified atom stereocenters. The topological polar surface area (TPSA) is 52.8 Å². The standard InChI is InChI=1S/C14H28N4O/c15-6-2-5-7-16-10-12-18(13-11-16)14(19)17-8-3-1-4-9-17/h1-13,15H2. The maximum atomic E-state index is 12.3. The first-order valence-electron chi connectivity index (χ1n) is 7.77. The molecule has 0 spiro atoms. The molecule has 0 atom stereocenters. The van der Waals surface area contributed by atoms with Crippen LogP contribution in [-0.2, 0) is 0 Å². The van der Waals surface area contributed by atoms with Gasteiger partial charge in [0.15, 0.2) is 0 Å². The van der Waals surface area contributed by atoms with E-state index in [1.807, 2.05) is 9.80 Å². The number of likely N-dealkylation sites (tertiary alicyclic amines) is 1. The lowest BCUT2D eigenvalue weighted by Gasteiger charge is -2.38. The van der Waals surface area contributed by atoms with Crippen LogP contribution in [0.25, 0.3) is 0 Å². The number of urea groups is 1. The predicted octanol–water partition coefficient (Wildman–Crippen LogP) is 0.949. The van der Waals surface area contributed by atoms with Crippen molar-refractivity contribution in [2.45, 2.75) is 32.1 Å². The van der Waals surface area contributed by atoms with Crippen LogP contribution in [0.1, 0.15) is 32.1 Å². The number of rotatable bonds is 4. The second kappa shape index (κ2) is 7.70. The lowest BCUT2D eigenvalue weighted by Crippen LogP contribution is -2.53. The second-order valence-electron chi connectivity index (χ2n) is 5.65. The number of unbranched alkanes of at least 4 members (excludes halogenated alkanes) is 1. The van der Waals surface area contributed by atoms with E-state index >= 15 is 0 Å². The first kappa shape index (κ1) is 14.6. The first-order valence-corrected chi connectivity index (χ1v) is 7.77. The summed E-state index contributed by atoms with van der Waals surface area (Å²) in [5.74, 6) is 0. The zero-order valence-corrected chi connectivity index (χ0v) is 12.0. The van der Waals surface area contributed by atoms with E-state index < -0.39 is 0 Å². The summed E-state index contributed by atoms with van der Waals surface area (Å²) in [7, 11) is 0. The number of nitrogens with zero attached hydrogens (tertiary/aromatic N) is 3. The second-order valence-corrected chi connectivity index (χ2v) is 5.65. The van der Waals surface area contributed by atoms with E-state index in [2.05, 4.69) is 4.90 Å². The van der Waals surface area contributed by atoms with Crippen molar-refractivity contribution in [3.8, 4) is 0 Å². The molecule has 5 nitrogen and oxygen atoms in total. The van der Waals surface area contributed by atoms with Crippen molar-refractivity contribution in [3.05, 3.63) is 0 Å². The quantitative estimate of drug-likeness (QED) is 0.772. The molecule has 2 aliphatic rings. The molecule has 0 saturated carbocycles. The predicted molar refractivity (Wildman–Crippen MR) is 77.1 cm³/mol. The highest BCUT2D eigenvalue weighted by Gasteiger charge is 2.25. The monoisotopic (exact) mass is 268 g/mol. The highest BCUT2D eigenvalue weighted by molar-refractivity contribution is 5.74. The molecular formula is C14H28N4O. The van der Waals surface area contributed by atoms with Crippen molar-refractivity contribution in [1.82, 2.24) is 14.7 Å². The molecule has 2 aliphatic heterocycles. The number of hydrogen-bond donors (Lipinski definition) is 1. The Labute approximate surface area is 116 Å². The van der Waals surface area contributed by atoms with Gasteiger partial charge in [0.05, 0.1) is 0 Å². The van der Waals surface area contributed by atoms with E-state index in [-0.39, 0.29) is 6.03 Å². The molecule has 2 N–H and O–H groups in total. The molecule has 0 aromatic heterocycles. The smallest absolute Gasteiger partial charge is 0.320 e. The lowest BCUT2D eigenvalue weighted by atomic mass is 10.1. The Morgan fingerprint density at radius 2 is 1.47 bits per heavy atom. The fourth-order valence-corrected chi connectivity index (χ4v) is 2.93. The third-order valence-electron chi connectivity index (χ3n) is 4.20. The molecule has 2 saturated heterocycles. The number of carbonyl (C=O) groups is 1. The maximum absolute atomic E-state index is 12.3. The summed E-state index contributed by atoms with van der Waals surface area (Å²) in [5, 5.41) is 0. The molecule has 2 fully saturated rings. The highest BCUT2D eigenvalue weighted by Crippen LogP contribution is 2.13. The van der Waals surface area contributed by atoms with Crippen LogP contribution in [0.5, 0.6) is 0 Å². The number of piperidine rings is 1. The number of amides is 2. The van der Waals surface area contributed by atoms with Gasteiger partial charge in [0.25, 0.3) is 0 Å². The minimum atomic E-state index is 0.265. The molecular weight excluding hydrogens is 240 g/mol. The average Bonchev–Trinajstić information content (AvgIpc) is 2.48. The van der Waals surface area contributed by atoms with E-state index in [0.717, 1.165) is 58.8 Å².